The Hall–Kier alpha value is -0.950. The van der Waals surface area contributed by atoms with Crippen LogP contribution in [0.3, 0.4) is 0 Å². The minimum absolute atomic E-state index is 0.104. The maximum Gasteiger partial charge on any atom is 0.258 e. The number of aromatic nitrogens is 1. The molecule has 0 saturated carbocycles. The molecule has 0 aliphatic heterocycles. The number of nitrogens with zero attached hydrogens (tertiary/aromatic N) is 1. The van der Waals surface area contributed by atoms with Gasteiger partial charge >= 0.3 is 0 Å². The van der Waals surface area contributed by atoms with Gasteiger partial charge in [-0.2, -0.15) is 0 Å². The van der Waals surface area contributed by atoms with Crippen LogP contribution in [0.2, 0.25) is 0 Å². The molecule has 0 fully saturated rings. The second-order valence-electron chi connectivity index (χ2n) is 3.73. The van der Waals surface area contributed by atoms with Crippen LogP contribution < -0.4 is 5.32 Å². The molecule has 0 atom stereocenters. The van der Waals surface area contributed by atoms with Crippen molar-refractivity contribution >= 4 is 45.0 Å². The van der Waals surface area contributed by atoms with Crippen molar-refractivity contribution in [2.45, 2.75) is 13.8 Å². The van der Waals surface area contributed by atoms with E-state index in [4.69, 9.17) is 0 Å². The maximum absolute atomic E-state index is 12.0. The average molecular weight is 358 g/mol. The van der Waals surface area contributed by atoms with Gasteiger partial charge in [0.1, 0.15) is 0 Å². The first-order chi connectivity index (χ1) is 8.06. The van der Waals surface area contributed by atoms with E-state index in [1.807, 2.05) is 37.4 Å². The first-order valence-corrected chi connectivity index (χ1v) is 7.02. The van der Waals surface area contributed by atoms with Crippen molar-refractivity contribution in [1.29, 1.82) is 0 Å². The first-order valence-electron chi connectivity index (χ1n) is 5.06. The molecule has 0 aliphatic carbocycles. The number of hydrogen-bond donors (Lipinski definition) is 1. The van der Waals surface area contributed by atoms with Gasteiger partial charge in [0.05, 0.1) is 11.3 Å². The lowest BCUT2D eigenvalue weighted by Crippen LogP contribution is -2.13. The molecule has 17 heavy (non-hydrogen) atoms. The molecular weight excluding hydrogens is 347 g/mol. The monoisotopic (exact) mass is 358 g/mol. The summed E-state index contributed by atoms with van der Waals surface area (Å²) >= 11 is 3.60. The van der Waals surface area contributed by atoms with Crippen molar-refractivity contribution in [1.82, 2.24) is 4.98 Å². The highest BCUT2D eigenvalue weighted by atomic mass is 127. The van der Waals surface area contributed by atoms with E-state index in [0.29, 0.717) is 10.7 Å². The SMILES string of the molecule is Cc1ccc(I)c(C(=O)Nc2nc(C)cs2)c1. The molecule has 0 bridgehead atoms. The molecule has 0 saturated heterocycles. The number of benzene rings is 1. The minimum atomic E-state index is -0.104. The van der Waals surface area contributed by atoms with Gasteiger partial charge in [-0.25, -0.2) is 4.98 Å². The molecule has 0 unspecified atom stereocenters. The first kappa shape index (κ1) is 12.5. The van der Waals surface area contributed by atoms with E-state index in [1.165, 1.54) is 11.3 Å². The molecule has 0 aliphatic rings. The van der Waals surface area contributed by atoms with E-state index in [1.54, 1.807) is 0 Å². The number of carbonyl (C=O) groups is 1. The van der Waals surface area contributed by atoms with Crippen molar-refractivity contribution in [2.75, 3.05) is 5.32 Å². The number of hydrogen-bond acceptors (Lipinski definition) is 3. The van der Waals surface area contributed by atoms with Crippen molar-refractivity contribution in [3.8, 4) is 0 Å². The highest BCUT2D eigenvalue weighted by molar-refractivity contribution is 14.1. The summed E-state index contributed by atoms with van der Waals surface area (Å²) in [5.41, 5.74) is 2.69. The van der Waals surface area contributed by atoms with Crippen LogP contribution in [0, 0.1) is 17.4 Å². The van der Waals surface area contributed by atoms with Gasteiger partial charge in [-0.3, -0.25) is 10.1 Å². The third-order valence-corrected chi connectivity index (χ3v) is 4.02. The summed E-state index contributed by atoms with van der Waals surface area (Å²) in [4.78, 5) is 16.3. The Morgan fingerprint density at radius 3 is 2.82 bits per heavy atom. The van der Waals surface area contributed by atoms with Gasteiger partial charge in [-0.05, 0) is 48.6 Å². The molecular formula is C12H11IN2OS. The summed E-state index contributed by atoms with van der Waals surface area (Å²) in [5.74, 6) is -0.104. The predicted molar refractivity (Wildman–Crippen MR) is 78.7 cm³/mol. The fourth-order valence-electron chi connectivity index (χ4n) is 1.39. The van der Waals surface area contributed by atoms with E-state index >= 15 is 0 Å². The third kappa shape index (κ3) is 3.04. The fraction of sp³-hybridized carbons (Fsp3) is 0.167. The molecule has 3 nitrogen and oxygen atoms in total. The molecule has 2 rings (SSSR count). The molecule has 5 heteroatoms. The van der Waals surface area contributed by atoms with Gasteiger partial charge < -0.3 is 0 Å². The van der Waals surface area contributed by atoms with E-state index in [-0.39, 0.29) is 5.91 Å². The molecule has 2 aromatic rings. The normalized spacial score (nSPS) is 10.3. The van der Waals surface area contributed by atoms with Gasteiger partial charge in [-0.1, -0.05) is 11.6 Å². The zero-order chi connectivity index (χ0) is 12.4. The molecule has 1 aromatic heterocycles. The molecule has 1 aromatic carbocycles. The molecule has 1 amide bonds. The van der Waals surface area contributed by atoms with Crippen LogP contribution in [0.4, 0.5) is 5.13 Å². The summed E-state index contributed by atoms with van der Waals surface area (Å²) in [6.45, 7) is 3.88. The number of carbonyl (C=O) groups excluding carboxylic acids is 1. The summed E-state index contributed by atoms with van der Waals surface area (Å²) in [6.07, 6.45) is 0. The Labute approximate surface area is 117 Å². The number of amides is 1. The number of aryl methyl sites for hydroxylation is 2. The van der Waals surface area contributed by atoms with Crippen molar-refractivity contribution in [3.63, 3.8) is 0 Å². The smallest absolute Gasteiger partial charge is 0.258 e. The van der Waals surface area contributed by atoms with Crippen LogP contribution in [-0.4, -0.2) is 10.9 Å². The van der Waals surface area contributed by atoms with Gasteiger partial charge in [0, 0.05) is 8.95 Å². The number of thiazole rings is 1. The number of rotatable bonds is 2. The Morgan fingerprint density at radius 1 is 1.41 bits per heavy atom. The van der Waals surface area contributed by atoms with E-state index in [2.05, 4.69) is 32.9 Å². The maximum atomic E-state index is 12.0. The Kier molecular flexibility index (Phi) is 3.78. The van der Waals surface area contributed by atoms with Crippen molar-refractivity contribution < 1.29 is 4.79 Å². The molecule has 0 spiro atoms. The molecule has 0 radical (unpaired) electrons. The van der Waals surface area contributed by atoms with Crippen LogP contribution in [0.15, 0.2) is 23.6 Å². The Morgan fingerprint density at radius 2 is 2.18 bits per heavy atom. The molecule has 88 valence electrons. The average Bonchev–Trinajstić information content (AvgIpc) is 2.67. The Bertz CT molecular complexity index is 565. The fourth-order valence-corrected chi connectivity index (χ4v) is 2.65. The second kappa shape index (κ2) is 5.14. The number of nitrogens with one attached hydrogen (secondary N) is 1. The highest BCUT2D eigenvalue weighted by Crippen LogP contribution is 2.18. The predicted octanol–water partition coefficient (Wildman–Crippen LogP) is 3.62. The quantitative estimate of drug-likeness (QED) is 0.834. The van der Waals surface area contributed by atoms with Crippen molar-refractivity contribution in [3.05, 3.63) is 44.0 Å². The summed E-state index contributed by atoms with van der Waals surface area (Å²) in [7, 11) is 0. The largest absolute Gasteiger partial charge is 0.298 e. The van der Waals surface area contributed by atoms with Crippen LogP contribution in [0.5, 0.6) is 0 Å². The summed E-state index contributed by atoms with van der Waals surface area (Å²) in [5, 5.41) is 5.37. The summed E-state index contributed by atoms with van der Waals surface area (Å²) in [6, 6.07) is 5.82. The van der Waals surface area contributed by atoms with Gasteiger partial charge in [0.2, 0.25) is 0 Å². The molecule has 1 N–H and O–H groups in total. The number of halogens is 1. The minimum Gasteiger partial charge on any atom is -0.298 e. The lowest BCUT2D eigenvalue weighted by atomic mass is 10.1. The van der Waals surface area contributed by atoms with Gasteiger partial charge in [0.15, 0.2) is 5.13 Å². The highest BCUT2D eigenvalue weighted by Gasteiger charge is 2.11. The van der Waals surface area contributed by atoms with Crippen molar-refractivity contribution in [2.24, 2.45) is 0 Å². The lowest BCUT2D eigenvalue weighted by molar-refractivity contribution is 0.102. The molecule has 1 heterocycles. The van der Waals surface area contributed by atoms with Gasteiger partial charge in [0.25, 0.3) is 5.91 Å². The second-order valence-corrected chi connectivity index (χ2v) is 5.75. The van der Waals surface area contributed by atoms with E-state index in [9.17, 15) is 4.79 Å². The third-order valence-electron chi connectivity index (χ3n) is 2.21. The summed E-state index contributed by atoms with van der Waals surface area (Å²) < 4.78 is 0.943. The van der Waals surface area contributed by atoms with Gasteiger partial charge in [-0.15, -0.1) is 11.3 Å². The van der Waals surface area contributed by atoms with Crippen LogP contribution in [0.25, 0.3) is 0 Å². The van der Waals surface area contributed by atoms with Crippen LogP contribution in [-0.2, 0) is 0 Å². The van der Waals surface area contributed by atoms with E-state index in [0.717, 1.165) is 14.8 Å². The zero-order valence-electron chi connectivity index (χ0n) is 9.45. The lowest BCUT2D eigenvalue weighted by Gasteiger charge is -2.05. The van der Waals surface area contributed by atoms with E-state index < -0.39 is 0 Å². The van der Waals surface area contributed by atoms with Crippen LogP contribution >= 0.6 is 33.9 Å². The number of anilines is 1. The topological polar surface area (TPSA) is 42.0 Å². The zero-order valence-corrected chi connectivity index (χ0v) is 12.4. The van der Waals surface area contributed by atoms with Crippen LogP contribution in [0.1, 0.15) is 21.6 Å². The standard InChI is InChI=1S/C12H11IN2OS/c1-7-3-4-10(13)9(5-7)11(16)15-12-14-8(2)6-17-12/h3-6H,1-2H3,(H,14,15,16). The Balaban J connectivity index is 2.22.